The molecule has 0 aliphatic rings. The number of nitrogens with zero attached hydrogens (tertiary/aromatic N) is 1. The van der Waals surface area contributed by atoms with E-state index in [1.54, 1.807) is 6.20 Å². The first-order valence-electron chi connectivity index (χ1n) is 6.11. The van der Waals surface area contributed by atoms with E-state index in [1.165, 1.54) is 5.56 Å². The third-order valence-electron chi connectivity index (χ3n) is 3.12. The molecule has 0 atom stereocenters. The van der Waals surface area contributed by atoms with Crippen LogP contribution in [-0.2, 0) is 0 Å². The molecule has 0 spiro atoms. The zero-order valence-corrected chi connectivity index (χ0v) is 11.3. The van der Waals surface area contributed by atoms with Crippen LogP contribution in [0.25, 0.3) is 10.9 Å². The summed E-state index contributed by atoms with van der Waals surface area (Å²) in [6.45, 7) is 2.09. The Hall–Kier alpha value is -2.06. The predicted molar refractivity (Wildman–Crippen MR) is 81.2 cm³/mol. The van der Waals surface area contributed by atoms with Crippen LogP contribution >= 0.6 is 11.6 Å². The monoisotopic (exact) mass is 268 g/mol. The Labute approximate surface area is 117 Å². The summed E-state index contributed by atoms with van der Waals surface area (Å²) in [6.07, 6.45) is 1.79. The lowest BCUT2D eigenvalue weighted by Crippen LogP contribution is -1.94. The van der Waals surface area contributed by atoms with Crippen LogP contribution in [0.4, 0.5) is 11.4 Å². The zero-order chi connectivity index (χ0) is 13.2. The molecule has 3 heteroatoms. The molecule has 2 aromatic carbocycles. The Morgan fingerprint density at radius 2 is 1.84 bits per heavy atom. The van der Waals surface area contributed by atoms with Crippen LogP contribution in [0.5, 0.6) is 0 Å². The van der Waals surface area contributed by atoms with E-state index in [4.69, 9.17) is 11.6 Å². The maximum atomic E-state index is 6.00. The molecule has 3 aromatic rings. The molecule has 2 nitrogen and oxygen atoms in total. The molecule has 1 N–H and O–H groups in total. The number of hydrogen-bond donors (Lipinski definition) is 1. The number of pyridine rings is 1. The van der Waals surface area contributed by atoms with Crippen LogP contribution in [0.15, 0.2) is 54.7 Å². The molecule has 3 rings (SSSR count). The highest BCUT2D eigenvalue weighted by atomic mass is 35.5. The maximum absolute atomic E-state index is 6.00. The minimum Gasteiger partial charge on any atom is -0.355 e. The summed E-state index contributed by atoms with van der Waals surface area (Å²) in [4.78, 5) is 4.34. The summed E-state index contributed by atoms with van der Waals surface area (Å²) in [5.41, 5.74) is 4.24. The summed E-state index contributed by atoms with van der Waals surface area (Å²) in [6, 6.07) is 15.9. The molecule has 19 heavy (non-hydrogen) atoms. The molecule has 0 saturated heterocycles. The molecule has 0 fully saturated rings. The normalized spacial score (nSPS) is 10.6. The van der Waals surface area contributed by atoms with Gasteiger partial charge in [0, 0.05) is 28.0 Å². The maximum Gasteiger partial charge on any atom is 0.0737 e. The van der Waals surface area contributed by atoms with E-state index in [0.717, 1.165) is 22.3 Å². The van der Waals surface area contributed by atoms with Crippen molar-refractivity contribution in [2.24, 2.45) is 0 Å². The van der Waals surface area contributed by atoms with Crippen LogP contribution in [0.3, 0.4) is 0 Å². The van der Waals surface area contributed by atoms with Gasteiger partial charge in [0.1, 0.15) is 0 Å². The van der Waals surface area contributed by atoms with E-state index >= 15 is 0 Å². The van der Waals surface area contributed by atoms with Crippen LogP contribution in [-0.4, -0.2) is 4.98 Å². The van der Waals surface area contributed by atoms with E-state index in [0.29, 0.717) is 5.02 Å². The second-order valence-corrected chi connectivity index (χ2v) is 4.90. The van der Waals surface area contributed by atoms with Gasteiger partial charge in [-0.3, -0.25) is 4.98 Å². The van der Waals surface area contributed by atoms with Crippen molar-refractivity contribution in [2.45, 2.75) is 6.92 Å². The second kappa shape index (κ2) is 4.90. The average molecular weight is 269 g/mol. The Kier molecular flexibility index (Phi) is 3.10. The molecule has 0 saturated carbocycles. The smallest absolute Gasteiger partial charge is 0.0737 e. The highest BCUT2D eigenvalue weighted by Crippen LogP contribution is 2.28. The quantitative estimate of drug-likeness (QED) is 0.712. The predicted octanol–water partition coefficient (Wildman–Crippen LogP) is 4.94. The van der Waals surface area contributed by atoms with Gasteiger partial charge in [0.2, 0.25) is 0 Å². The number of halogens is 1. The topological polar surface area (TPSA) is 24.9 Å². The van der Waals surface area contributed by atoms with Gasteiger partial charge in [-0.15, -0.1) is 0 Å². The van der Waals surface area contributed by atoms with E-state index in [9.17, 15) is 0 Å². The summed E-state index contributed by atoms with van der Waals surface area (Å²) < 4.78 is 0. The fourth-order valence-electron chi connectivity index (χ4n) is 2.09. The minimum atomic E-state index is 0.702. The largest absolute Gasteiger partial charge is 0.355 e. The molecule has 0 radical (unpaired) electrons. The number of fused-ring (bicyclic) bond motifs is 1. The van der Waals surface area contributed by atoms with Gasteiger partial charge in [0.15, 0.2) is 0 Å². The summed E-state index contributed by atoms with van der Waals surface area (Å²) in [5, 5.41) is 5.22. The third-order valence-corrected chi connectivity index (χ3v) is 3.35. The Morgan fingerprint density at radius 1 is 1.00 bits per heavy atom. The molecule has 94 valence electrons. The van der Waals surface area contributed by atoms with Gasteiger partial charge in [0.05, 0.1) is 5.52 Å². The number of aromatic nitrogens is 1. The van der Waals surface area contributed by atoms with E-state index in [-0.39, 0.29) is 0 Å². The van der Waals surface area contributed by atoms with Crippen LogP contribution < -0.4 is 5.32 Å². The van der Waals surface area contributed by atoms with Crippen molar-refractivity contribution >= 4 is 33.9 Å². The third kappa shape index (κ3) is 2.40. The van der Waals surface area contributed by atoms with Crippen LogP contribution in [0.2, 0.25) is 5.02 Å². The van der Waals surface area contributed by atoms with Crippen molar-refractivity contribution in [1.29, 1.82) is 0 Å². The zero-order valence-electron chi connectivity index (χ0n) is 10.5. The number of benzene rings is 2. The molecule has 0 bridgehead atoms. The van der Waals surface area contributed by atoms with Gasteiger partial charge in [-0.05, 0) is 42.8 Å². The lowest BCUT2D eigenvalue weighted by atomic mass is 10.1. The first kappa shape index (κ1) is 12.0. The van der Waals surface area contributed by atoms with E-state index in [1.807, 2.05) is 36.4 Å². The number of nitrogens with one attached hydrogen (secondary N) is 1. The fourth-order valence-corrected chi connectivity index (χ4v) is 2.25. The van der Waals surface area contributed by atoms with Gasteiger partial charge in [-0.2, -0.15) is 0 Å². The highest BCUT2D eigenvalue weighted by molar-refractivity contribution is 6.31. The standard InChI is InChI=1S/C16H13ClN2/c1-11-4-2-3-5-14(11)19-15-8-9-18-16-10-12(17)6-7-13(15)16/h2-10H,1H3,(H,18,19). The van der Waals surface area contributed by atoms with Gasteiger partial charge in [-0.1, -0.05) is 29.8 Å². The summed E-state index contributed by atoms with van der Waals surface area (Å²) >= 11 is 6.00. The highest BCUT2D eigenvalue weighted by Gasteiger charge is 2.04. The van der Waals surface area contributed by atoms with Gasteiger partial charge in [-0.25, -0.2) is 0 Å². The van der Waals surface area contributed by atoms with Crippen molar-refractivity contribution in [2.75, 3.05) is 5.32 Å². The molecule has 1 aromatic heterocycles. The van der Waals surface area contributed by atoms with Crippen molar-refractivity contribution in [1.82, 2.24) is 4.98 Å². The Balaban J connectivity index is 2.09. The molecule has 1 heterocycles. The SMILES string of the molecule is Cc1ccccc1Nc1ccnc2cc(Cl)ccc12. The lowest BCUT2D eigenvalue weighted by Gasteiger charge is -2.11. The summed E-state index contributed by atoms with van der Waals surface area (Å²) in [7, 11) is 0. The van der Waals surface area contributed by atoms with Crippen molar-refractivity contribution in [3.63, 3.8) is 0 Å². The number of hydrogen-bond acceptors (Lipinski definition) is 2. The number of para-hydroxylation sites is 1. The van der Waals surface area contributed by atoms with Crippen molar-refractivity contribution < 1.29 is 0 Å². The minimum absolute atomic E-state index is 0.702. The van der Waals surface area contributed by atoms with E-state index < -0.39 is 0 Å². The first-order valence-corrected chi connectivity index (χ1v) is 6.49. The van der Waals surface area contributed by atoms with Crippen molar-refractivity contribution in [3.05, 3.63) is 65.3 Å². The van der Waals surface area contributed by atoms with Crippen LogP contribution in [0.1, 0.15) is 5.56 Å². The summed E-state index contributed by atoms with van der Waals surface area (Å²) in [5.74, 6) is 0. The molecule has 0 aliphatic carbocycles. The molecular formula is C16H13ClN2. The Bertz CT molecular complexity index is 738. The average Bonchev–Trinajstić information content (AvgIpc) is 2.41. The van der Waals surface area contributed by atoms with Crippen molar-refractivity contribution in [3.8, 4) is 0 Å². The van der Waals surface area contributed by atoms with Gasteiger partial charge >= 0.3 is 0 Å². The van der Waals surface area contributed by atoms with Gasteiger partial charge < -0.3 is 5.32 Å². The molecular weight excluding hydrogens is 256 g/mol. The number of aryl methyl sites for hydroxylation is 1. The molecule has 0 unspecified atom stereocenters. The van der Waals surface area contributed by atoms with Crippen LogP contribution in [0, 0.1) is 6.92 Å². The molecule has 0 amide bonds. The Morgan fingerprint density at radius 3 is 2.68 bits per heavy atom. The molecule has 0 aliphatic heterocycles. The number of rotatable bonds is 2. The lowest BCUT2D eigenvalue weighted by molar-refractivity contribution is 1.39. The fraction of sp³-hybridized carbons (Fsp3) is 0.0625. The van der Waals surface area contributed by atoms with Gasteiger partial charge in [0.25, 0.3) is 0 Å². The first-order chi connectivity index (χ1) is 9.24. The number of anilines is 2. The second-order valence-electron chi connectivity index (χ2n) is 4.46. The van der Waals surface area contributed by atoms with E-state index in [2.05, 4.69) is 29.4 Å².